The van der Waals surface area contributed by atoms with Crippen LogP contribution in [0.5, 0.6) is 0 Å². The summed E-state index contributed by atoms with van der Waals surface area (Å²) in [6.45, 7) is 12.9. The van der Waals surface area contributed by atoms with Gasteiger partial charge in [0.1, 0.15) is 23.0 Å². The number of hydrogen-bond donors (Lipinski definition) is 1. The number of halogens is 3. The Morgan fingerprint density at radius 2 is 1.90 bits per heavy atom. The standard InChI is InChI=1S/C20H28F2INO4Si/c1-7-27-19(26)14(12-24-8-9-28-29(5,6)20(2,3)4)18(25)13-10-17(23)16(22)11-15(13)21/h10-12,25H,7-9H2,1-6H3. The molecule has 0 aromatic heterocycles. The molecule has 0 heterocycles. The Morgan fingerprint density at radius 3 is 2.45 bits per heavy atom. The summed E-state index contributed by atoms with van der Waals surface area (Å²) >= 11 is 1.67. The Hall–Kier alpha value is -1.33. The second-order valence-electron chi connectivity index (χ2n) is 7.87. The Morgan fingerprint density at radius 1 is 1.28 bits per heavy atom. The van der Waals surface area contributed by atoms with Gasteiger partial charge < -0.3 is 14.3 Å². The summed E-state index contributed by atoms with van der Waals surface area (Å²) in [5, 5.41) is 10.5. The molecule has 0 spiro atoms. The van der Waals surface area contributed by atoms with Gasteiger partial charge in [0.15, 0.2) is 8.32 Å². The van der Waals surface area contributed by atoms with Gasteiger partial charge >= 0.3 is 5.97 Å². The molecule has 0 saturated heterocycles. The minimum absolute atomic E-state index is 0.0578. The van der Waals surface area contributed by atoms with Crippen LogP contribution in [0.25, 0.3) is 5.76 Å². The molecule has 0 bridgehead atoms. The first-order valence-electron chi connectivity index (χ1n) is 9.21. The molecule has 1 aromatic rings. The first-order valence-corrected chi connectivity index (χ1v) is 13.2. The van der Waals surface area contributed by atoms with Crippen molar-refractivity contribution in [3.63, 3.8) is 0 Å². The van der Waals surface area contributed by atoms with E-state index in [1.807, 2.05) is 0 Å². The molecule has 0 unspecified atom stereocenters. The summed E-state index contributed by atoms with van der Waals surface area (Å²) in [6.07, 6.45) is 1.14. The first kappa shape index (κ1) is 25.7. The Balaban J connectivity index is 3.08. The molecule has 5 nitrogen and oxygen atoms in total. The fourth-order valence-corrected chi connectivity index (χ4v) is 3.50. The van der Waals surface area contributed by atoms with Gasteiger partial charge in [-0.05, 0) is 53.7 Å². The van der Waals surface area contributed by atoms with Crippen LogP contribution in [0.15, 0.2) is 22.7 Å². The van der Waals surface area contributed by atoms with Crippen LogP contribution < -0.4 is 0 Å². The smallest absolute Gasteiger partial charge is 0.343 e. The number of ether oxygens (including phenoxy) is 1. The van der Waals surface area contributed by atoms with E-state index in [4.69, 9.17) is 9.16 Å². The van der Waals surface area contributed by atoms with Gasteiger partial charge in [0.2, 0.25) is 0 Å². The van der Waals surface area contributed by atoms with Gasteiger partial charge in [0.05, 0.1) is 25.3 Å². The molecule has 162 valence electrons. The zero-order valence-electron chi connectivity index (χ0n) is 17.6. The highest BCUT2D eigenvalue weighted by molar-refractivity contribution is 14.1. The first-order chi connectivity index (χ1) is 13.3. The minimum atomic E-state index is -1.92. The highest BCUT2D eigenvalue weighted by atomic mass is 127. The van der Waals surface area contributed by atoms with E-state index >= 15 is 0 Å². The normalized spacial score (nSPS) is 13.6. The molecule has 0 atom stereocenters. The van der Waals surface area contributed by atoms with E-state index < -0.39 is 31.7 Å². The lowest BCUT2D eigenvalue weighted by Gasteiger charge is -2.35. The molecule has 0 radical (unpaired) electrons. The second-order valence-corrected chi connectivity index (χ2v) is 13.8. The van der Waals surface area contributed by atoms with Crippen LogP contribution in [0.2, 0.25) is 18.1 Å². The van der Waals surface area contributed by atoms with Crippen molar-refractivity contribution in [3.8, 4) is 0 Å². The maximum atomic E-state index is 14.1. The van der Waals surface area contributed by atoms with E-state index in [0.717, 1.165) is 12.3 Å². The molecule has 1 N–H and O–H groups in total. The number of aliphatic hydroxyl groups is 1. The lowest BCUT2D eigenvalue weighted by molar-refractivity contribution is -0.137. The summed E-state index contributed by atoms with van der Waals surface area (Å²) in [4.78, 5) is 16.4. The van der Waals surface area contributed by atoms with E-state index in [9.17, 15) is 18.7 Å². The van der Waals surface area contributed by atoms with Crippen molar-refractivity contribution < 1.29 is 27.8 Å². The topological polar surface area (TPSA) is 68.1 Å². The van der Waals surface area contributed by atoms with Crippen LogP contribution in [-0.4, -0.2) is 45.4 Å². The van der Waals surface area contributed by atoms with Crippen molar-refractivity contribution >= 4 is 48.9 Å². The average molecular weight is 539 g/mol. The second kappa shape index (κ2) is 10.6. The van der Waals surface area contributed by atoms with Gasteiger partial charge in [0.25, 0.3) is 0 Å². The number of aliphatic hydroxyl groups excluding tert-OH is 1. The van der Waals surface area contributed by atoms with Crippen molar-refractivity contribution in [2.45, 2.75) is 45.8 Å². The van der Waals surface area contributed by atoms with Crippen molar-refractivity contribution in [3.05, 3.63) is 38.5 Å². The lowest BCUT2D eigenvalue weighted by atomic mass is 10.1. The number of aliphatic imine (C=N–C) groups is 1. The van der Waals surface area contributed by atoms with E-state index in [2.05, 4.69) is 38.9 Å². The van der Waals surface area contributed by atoms with Crippen LogP contribution >= 0.6 is 22.6 Å². The number of carbonyl (C=O) groups is 1. The number of esters is 1. The van der Waals surface area contributed by atoms with E-state index in [-0.39, 0.29) is 32.9 Å². The summed E-state index contributed by atoms with van der Waals surface area (Å²) < 4.78 is 38.7. The monoisotopic (exact) mass is 539 g/mol. The number of benzene rings is 1. The fraction of sp³-hybridized carbons (Fsp3) is 0.500. The molecule has 9 heteroatoms. The van der Waals surface area contributed by atoms with Gasteiger partial charge in [0, 0.05) is 15.9 Å². The number of rotatable bonds is 8. The molecule has 29 heavy (non-hydrogen) atoms. The van der Waals surface area contributed by atoms with Crippen LogP contribution in [0.1, 0.15) is 33.3 Å². The minimum Gasteiger partial charge on any atom is -0.506 e. The molecular formula is C20H28F2INO4Si. The van der Waals surface area contributed by atoms with Crippen molar-refractivity contribution in [2.75, 3.05) is 19.8 Å². The van der Waals surface area contributed by atoms with E-state index in [1.165, 1.54) is 0 Å². The van der Waals surface area contributed by atoms with Gasteiger partial charge in [-0.2, -0.15) is 0 Å². The summed E-state index contributed by atoms with van der Waals surface area (Å²) in [5.74, 6) is -3.25. The maximum Gasteiger partial charge on any atom is 0.343 e. The van der Waals surface area contributed by atoms with E-state index in [1.54, 1.807) is 29.5 Å². The highest BCUT2D eigenvalue weighted by Gasteiger charge is 2.36. The van der Waals surface area contributed by atoms with Crippen LogP contribution in [0.4, 0.5) is 8.78 Å². The van der Waals surface area contributed by atoms with Crippen molar-refractivity contribution in [1.82, 2.24) is 0 Å². The molecule has 0 amide bonds. The third-order valence-electron chi connectivity index (χ3n) is 4.73. The predicted molar refractivity (Wildman–Crippen MR) is 122 cm³/mol. The maximum absolute atomic E-state index is 14.1. The van der Waals surface area contributed by atoms with Crippen LogP contribution in [0, 0.1) is 15.2 Å². The Labute approximate surface area is 185 Å². The van der Waals surface area contributed by atoms with E-state index in [0.29, 0.717) is 12.7 Å². The number of hydrogen-bond acceptors (Lipinski definition) is 5. The quantitative estimate of drug-likeness (QED) is 0.0693. The zero-order valence-corrected chi connectivity index (χ0v) is 20.8. The zero-order chi connectivity index (χ0) is 22.4. The van der Waals surface area contributed by atoms with Gasteiger partial charge in [-0.1, -0.05) is 20.8 Å². The van der Waals surface area contributed by atoms with Crippen LogP contribution in [-0.2, 0) is 14.0 Å². The molecule has 0 aliphatic heterocycles. The molecule has 0 fully saturated rings. The molecule has 0 saturated carbocycles. The van der Waals surface area contributed by atoms with Crippen LogP contribution in [0.3, 0.4) is 0 Å². The predicted octanol–water partition coefficient (Wildman–Crippen LogP) is 5.49. The van der Waals surface area contributed by atoms with Crippen molar-refractivity contribution in [1.29, 1.82) is 0 Å². The summed E-state index contributed by atoms with van der Waals surface area (Å²) in [7, 11) is -1.92. The Bertz CT molecular complexity index is 804. The molecule has 0 aliphatic carbocycles. The van der Waals surface area contributed by atoms with Gasteiger partial charge in [-0.3, -0.25) is 4.99 Å². The van der Waals surface area contributed by atoms with Gasteiger partial charge in [-0.25, -0.2) is 13.6 Å². The SMILES string of the molecule is CCOC(=O)C(C=NCCO[Si](C)(C)C(C)(C)C)=C(O)c1cc(I)c(F)cc1F. The largest absolute Gasteiger partial charge is 0.506 e. The fourth-order valence-electron chi connectivity index (χ4n) is 1.99. The lowest BCUT2D eigenvalue weighted by Crippen LogP contribution is -2.41. The van der Waals surface area contributed by atoms with Crippen molar-refractivity contribution in [2.24, 2.45) is 4.99 Å². The molecular weight excluding hydrogens is 511 g/mol. The third kappa shape index (κ3) is 7.14. The number of carbonyl (C=O) groups excluding carboxylic acids is 1. The summed E-state index contributed by atoms with van der Waals surface area (Å²) in [6, 6.07) is 1.77. The Kier molecular flexibility index (Phi) is 9.42. The number of nitrogens with zero attached hydrogens (tertiary/aromatic N) is 1. The molecule has 0 aliphatic rings. The molecule has 1 aromatic carbocycles. The van der Waals surface area contributed by atoms with Gasteiger partial charge in [-0.15, -0.1) is 0 Å². The highest BCUT2D eigenvalue weighted by Crippen LogP contribution is 2.36. The third-order valence-corrected chi connectivity index (χ3v) is 10.1. The molecule has 1 rings (SSSR count). The average Bonchev–Trinajstić information content (AvgIpc) is 2.59. The summed E-state index contributed by atoms with van der Waals surface area (Å²) in [5.41, 5.74) is -0.608.